The van der Waals surface area contributed by atoms with Crippen molar-refractivity contribution in [2.75, 3.05) is 21.3 Å². The SMILES string of the molecule is CN=C(NCc1ccc(COC)cc1)NCc1ccccc1OC.I. The smallest absolute Gasteiger partial charge is 0.191 e. The third-order valence-electron chi connectivity index (χ3n) is 3.66. The quantitative estimate of drug-likeness (QED) is 0.382. The molecule has 2 rings (SSSR count). The average Bonchev–Trinajstić information content (AvgIpc) is 2.63. The largest absolute Gasteiger partial charge is 0.496 e. The van der Waals surface area contributed by atoms with E-state index in [0.717, 1.165) is 17.3 Å². The van der Waals surface area contributed by atoms with E-state index >= 15 is 0 Å². The van der Waals surface area contributed by atoms with Gasteiger partial charge in [0.1, 0.15) is 5.75 Å². The van der Waals surface area contributed by atoms with E-state index in [1.165, 1.54) is 11.1 Å². The van der Waals surface area contributed by atoms with Crippen LogP contribution in [0.1, 0.15) is 16.7 Å². The van der Waals surface area contributed by atoms with Crippen LogP contribution in [0.15, 0.2) is 53.5 Å². The first-order valence-corrected chi connectivity index (χ1v) is 7.90. The fourth-order valence-electron chi connectivity index (χ4n) is 2.35. The van der Waals surface area contributed by atoms with Crippen LogP contribution in [0.3, 0.4) is 0 Å². The summed E-state index contributed by atoms with van der Waals surface area (Å²) in [6, 6.07) is 16.3. The van der Waals surface area contributed by atoms with Crippen LogP contribution in [-0.4, -0.2) is 27.2 Å². The Hall–Kier alpha value is -1.80. The number of rotatable bonds is 7. The molecule has 0 heterocycles. The molecule has 0 fully saturated rings. The van der Waals surface area contributed by atoms with Crippen molar-refractivity contribution in [1.82, 2.24) is 10.6 Å². The van der Waals surface area contributed by atoms with Crippen LogP contribution < -0.4 is 15.4 Å². The van der Waals surface area contributed by atoms with Crippen molar-refractivity contribution in [3.05, 3.63) is 65.2 Å². The minimum atomic E-state index is 0. The van der Waals surface area contributed by atoms with Crippen LogP contribution in [-0.2, 0) is 24.4 Å². The molecule has 0 saturated heterocycles. The molecule has 0 amide bonds. The minimum Gasteiger partial charge on any atom is -0.496 e. The van der Waals surface area contributed by atoms with Crippen molar-refractivity contribution >= 4 is 29.9 Å². The highest BCUT2D eigenvalue weighted by atomic mass is 127. The number of ether oxygens (including phenoxy) is 2. The summed E-state index contributed by atoms with van der Waals surface area (Å²) in [6.07, 6.45) is 0. The van der Waals surface area contributed by atoms with Gasteiger partial charge in [0.2, 0.25) is 0 Å². The number of benzene rings is 2. The topological polar surface area (TPSA) is 54.9 Å². The number of hydrogen-bond acceptors (Lipinski definition) is 3. The maximum absolute atomic E-state index is 5.36. The predicted octanol–water partition coefficient (Wildman–Crippen LogP) is 3.32. The Balaban J connectivity index is 0.00000312. The number of nitrogens with zero attached hydrogens (tertiary/aromatic N) is 1. The summed E-state index contributed by atoms with van der Waals surface area (Å²) in [6.45, 7) is 1.99. The van der Waals surface area contributed by atoms with Crippen LogP contribution in [0, 0.1) is 0 Å². The molecule has 0 radical (unpaired) electrons. The second kappa shape index (κ2) is 11.7. The highest BCUT2D eigenvalue weighted by Crippen LogP contribution is 2.16. The number of guanidine groups is 1. The van der Waals surface area contributed by atoms with E-state index in [9.17, 15) is 0 Å². The summed E-state index contributed by atoms with van der Waals surface area (Å²) in [4.78, 5) is 4.25. The van der Waals surface area contributed by atoms with Crippen LogP contribution in [0.2, 0.25) is 0 Å². The lowest BCUT2D eigenvalue weighted by atomic mass is 10.1. The van der Waals surface area contributed by atoms with E-state index in [2.05, 4.69) is 39.9 Å². The molecule has 0 bridgehead atoms. The van der Waals surface area contributed by atoms with Gasteiger partial charge < -0.3 is 20.1 Å². The van der Waals surface area contributed by atoms with Gasteiger partial charge in [-0.2, -0.15) is 0 Å². The summed E-state index contributed by atoms with van der Waals surface area (Å²) in [7, 11) is 5.14. The van der Waals surface area contributed by atoms with Gasteiger partial charge in [0.25, 0.3) is 0 Å². The first-order valence-electron chi connectivity index (χ1n) is 7.90. The summed E-state index contributed by atoms with van der Waals surface area (Å²) < 4.78 is 10.5. The van der Waals surface area contributed by atoms with E-state index in [0.29, 0.717) is 19.7 Å². The van der Waals surface area contributed by atoms with Crippen LogP contribution in [0.5, 0.6) is 5.75 Å². The van der Waals surface area contributed by atoms with Gasteiger partial charge in [-0.15, -0.1) is 24.0 Å². The molecular formula is C19H26IN3O2. The number of aliphatic imine (C=N–C) groups is 1. The monoisotopic (exact) mass is 455 g/mol. The lowest BCUT2D eigenvalue weighted by molar-refractivity contribution is 0.185. The van der Waals surface area contributed by atoms with E-state index in [1.807, 2.05) is 24.3 Å². The van der Waals surface area contributed by atoms with E-state index < -0.39 is 0 Å². The molecule has 5 nitrogen and oxygen atoms in total. The Morgan fingerprint density at radius 1 is 0.920 bits per heavy atom. The molecule has 0 saturated carbocycles. The zero-order valence-corrected chi connectivity index (χ0v) is 17.2. The third-order valence-corrected chi connectivity index (χ3v) is 3.66. The second-order valence-corrected chi connectivity index (χ2v) is 5.34. The maximum atomic E-state index is 5.36. The summed E-state index contributed by atoms with van der Waals surface area (Å²) in [5, 5.41) is 6.61. The molecule has 25 heavy (non-hydrogen) atoms. The Bertz CT molecular complexity index is 660. The van der Waals surface area contributed by atoms with E-state index in [-0.39, 0.29) is 24.0 Å². The number of methoxy groups -OCH3 is 2. The van der Waals surface area contributed by atoms with Crippen molar-refractivity contribution in [2.24, 2.45) is 4.99 Å². The van der Waals surface area contributed by atoms with Crippen molar-refractivity contribution < 1.29 is 9.47 Å². The lowest BCUT2D eigenvalue weighted by Crippen LogP contribution is -2.36. The summed E-state index contributed by atoms with van der Waals surface area (Å²) in [5.74, 6) is 1.62. The standard InChI is InChI=1S/C19H25N3O2.HI/c1-20-19(22-13-17-6-4-5-7-18(17)24-3)21-12-15-8-10-16(11-9-15)14-23-2;/h4-11H,12-14H2,1-3H3,(H2,20,21,22);1H. The minimum absolute atomic E-state index is 0. The molecule has 0 aromatic heterocycles. The van der Waals surface area contributed by atoms with Crippen molar-refractivity contribution in [3.63, 3.8) is 0 Å². The molecular weight excluding hydrogens is 429 g/mol. The number of halogens is 1. The molecule has 0 atom stereocenters. The average molecular weight is 455 g/mol. The first-order chi connectivity index (χ1) is 11.8. The van der Waals surface area contributed by atoms with Gasteiger partial charge in [0.15, 0.2) is 5.96 Å². The van der Waals surface area contributed by atoms with Crippen LogP contribution >= 0.6 is 24.0 Å². The molecule has 2 aromatic rings. The Morgan fingerprint density at radius 2 is 1.56 bits per heavy atom. The van der Waals surface area contributed by atoms with Crippen LogP contribution in [0.25, 0.3) is 0 Å². The van der Waals surface area contributed by atoms with Crippen molar-refractivity contribution in [3.8, 4) is 5.75 Å². The molecule has 6 heteroatoms. The fraction of sp³-hybridized carbons (Fsp3) is 0.316. The van der Waals surface area contributed by atoms with E-state index in [4.69, 9.17) is 9.47 Å². The lowest BCUT2D eigenvalue weighted by Gasteiger charge is -2.14. The van der Waals surface area contributed by atoms with Gasteiger partial charge in [-0.3, -0.25) is 4.99 Å². The van der Waals surface area contributed by atoms with Gasteiger partial charge in [0, 0.05) is 32.8 Å². The fourth-order valence-corrected chi connectivity index (χ4v) is 2.35. The van der Waals surface area contributed by atoms with E-state index in [1.54, 1.807) is 21.3 Å². The molecule has 0 unspecified atom stereocenters. The number of nitrogens with one attached hydrogen (secondary N) is 2. The summed E-state index contributed by atoms with van der Waals surface area (Å²) >= 11 is 0. The van der Waals surface area contributed by atoms with Crippen LogP contribution in [0.4, 0.5) is 0 Å². The molecule has 0 spiro atoms. The highest BCUT2D eigenvalue weighted by molar-refractivity contribution is 14.0. The number of para-hydroxylation sites is 1. The molecule has 0 aliphatic heterocycles. The van der Waals surface area contributed by atoms with Gasteiger partial charge in [-0.1, -0.05) is 42.5 Å². The normalized spacial score (nSPS) is 10.8. The van der Waals surface area contributed by atoms with Crippen molar-refractivity contribution in [2.45, 2.75) is 19.7 Å². The Morgan fingerprint density at radius 3 is 2.20 bits per heavy atom. The molecule has 2 aromatic carbocycles. The molecule has 0 aliphatic carbocycles. The Labute approximate surface area is 166 Å². The molecule has 0 aliphatic rings. The zero-order valence-electron chi connectivity index (χ0n) is 14.9. The zero-order chi connectivity index (χ0) is 17.2. The molecule has 136 valence electrons. The summed E-state index contributed by atoms with van der Waals surface area (Å²) in [5.41, 5.74) is 3.45. The number of hydrogen-bond donors (Lipinski definition) is 2. The Kier molecular flexibility index (Phi) is 9.94. The van der Waals surface area contributed by atoms with Gasteiger partial charge in [0.05, 0.1) is 13.7 Å². The first kappa shape index (κ1) is 21.2. The highest BCUT2D eigenvalue weighted by Gasteiger charge is 2.03. The molecule has 2 N–H and O–H groups in total. The van der Waals surface area contributed by atoms with Gasteiger partial charge in [-0.25, -0.2) is 0 Å². The maximum Gasteiger partial charge on any atom is 0.191 e. The third kappa shape index (κ3) is 6.91. The van der Waals surface area contributed by atoms with Crippen molar-refractivity contribution in [1.29, 1.82) is 0 Å². The van der Waals surface area contributed by atoms with Gasteiger partial charge >= 0.3 is 0 Å². The van der Waals surface area contributed by atoms with Gasteiger partial charge in [-0.05, 0) is 17.2 Å². The predicted molar refractivity (Wildman–Crippen MR) is 113 cm³/mol. The second-order valence-electron chi connectivity index (χ2n) is 5.34.